The average Bonchev–Trinajstić information content (AvgIpc) is 3.31. The standard InChI is InChI=1S/C18H10O6/c19-17-13-6-5-12(23-18(20)14-4-2-8-22-14)10-15(13)24-16(17)9-11-3-1-7-21-11/h1-10H/b16-9+. The number of furan rings is 2. The van der Waals surface area contributed by atoms with Gasteiger partial charge in [-0.3, -0.25) is 4.79 Å². The predicted octanol–water partition coefficient (Wildman–Crippen LogP) is 3.71. The van der Waals surface area contributed by atoms with Crippen molar-refractivity contribution in [3.8, 4) is 11.5 Å². The van der Waals surface area contributed by atoms with E-state index >= 15 is 0 Å². The maximum atomic E-state index is 12.3. The number of carbonyl (C=O) groups is 2. The number of hydrogen-bond donors (Lipinski definition) is 0. The first-order valence-electron chi connectivity index (χ1n) is 7.08. The molecule has 0 fully saturated rings. The molecule has 0 saturated heterocycles. The van der Waals surface area contributed by atoms with Crippen LogP contribution in [0.4, 0.5) is 0 Å². The van der Waals surface area contributed by atoms with E-state index in [9.17, 15) is 9.59 Å². The van der Waals surface area contributed by atoms with Crippen LogP contribution < -0.4 is 9.47 Å². The van der Waals surface area contributed by atoms with E-state index in [0.717, 1.165) is 0 Å². The first kappa shape index (κ1) is 14.1. The van der Waals surface area contributed by atoms with Crippen LogP contribution in [0.2, 0.25) is 0 Å². The van der Waals surface area contributed by atoms with Gasteiger partial charge in [0.15, 0.2) is 5.76 Å². The third kappa shape index (κ3) is 2.50. The highest BCUT2D eigenvalue weighted by Crippen LogP contribution is 2.35. The van der Waals surface area contributed by atoms with Crippen molar-refractivity contribution in [3.63, 3.8) is 0 Å². The van der Waals surface area contributed by atoms with Crippen molar-refractivity contribution in [2.75, 3.05) is 0 Å². The minimum atomic E-state index is -0.629. The van der Waals surface area contributed by atoms with E-state index < -0.39 is 5.97 Å². The van der Waals surface area contributed by atoms with Crippen LogP contribution >= 0.6 is 0 Å². The highest BCUT2D eigenvalue weighted by atomic mass is 16.5. The molecule has 24 heavy (non-hydrogen) atoms. The molecule has 6 heteroatoms. The number of Topliss-reactive ketones (excluding diaryl/α,β-unsaturated/α-hetero) is 1. The summed E-state index contributed by atoms with van der Waals surface area (Å²) < 4.78 is 20.9. The van der Waals surface area contributed by atoms with Crippen molar-refractivity contribution in [1.29, 1.82) is 0 Å². The van der Waals surface area contributed by atoms with E-state index in [0.29, 0.717) is 17.1 Å². The average molecular weight is 322 g/mol. The molecule has 1 aliphatic rings. The Hall–Kier alpha value is -3.54. The van der Waals surface area contributed by atoms with E-state index in [4.69, 9.17) is 18.3 Å². The smallest absolute Gasteiger partial charge is 0.379 e. The molecule has 118 valence electrons. The quantitative estimate of drug-likeness (QED) is 0.415. The normalized spacial score (nSPS) is 14.5. The van der Waals surface area contributed by atoms with E-state index in [2.05, 4.69) is 0 Å². The number of carbonyl (C=O) groups excluding carboxylic acids is 2. The van der Waals surface area contributed by atoms with Crippen LogP contribution in [-0.2, 0) is 0 Å². The number of ketones is 1. The van der Waals surface area contributed by atoms with Crippen LogP contribution in [0.15, 0.2) is 69.6 Å². The SMILES string of the molecule is O=C(Oc1ccc2c(c1)O/C(=C/c1ccco1)C2=O)c1ccco1. The summed E-state index contributed by atoms with van der Waals surface area (Å²) in [5, 5.41) is 0. The minimum absolute atomic E-state index is 0.0888. The largest absolute Gasteiger partial charge is 0.465 e. The van der Waals surface area contributed by atoms with E-state index in [1.807, 2.05) is 0 Å². The Morgan fingerprint density at radius 2 is 1.88 bits per heavy atom. The lowest BCUT2D eigenvalue weighted by Gasteiger charge is -2.03. The number of esters is 1. The van der Waals surface area contributed by atoms with Crippen molar-refractivity contribution >= 4 is 17.8 Å². The van der Waals surface area contributed by atoms with Gasteiger partial charge in [-0.1, -0.05) is 0 Å². The zero-order valence-corrected chi connectivity index (χ0v) is 12.2. The van der Waals surface area contributed by atoms with Gasteiger partial charge in [-0.05, 0) is 36.4 Å². The summed E-state index contributed by atoms with van der Waals surface area (Å²) in [6, 6.07) is 11.1. The summed E-state index contributed by atoms with van der Waals surface area (Å²) in [4.78, 5) is 24.2. The molecule has 4 rings (SSSR count). The molecule has 3 heterocycles. The van der Waals surface area contributed by atoms with Crippen LogP contribution in [0, 0.1) is 0 Å². The molecule has 2 aromatic heterocycles. The molecule has 0 bridgehead atoms. The lowest BCUT2D eigenvalue weighted by molar-refractivity contribution is 0.0701. The van der Waals surface area contributed by atoms with Gasteiger partial charge in [0, 0.05) is 12.1 Å². The van der Waals surface area contributed by atoms with Crippen LogP contribution in [0.5, 0.6) is 11.5 Å². The van der Waals surface area contributed by atoms with Gasteiger partial charge >= 0.3 is 5.97 Å². The van der Waals surface area contributed by atoms with Crippen LogP contribution in [-0.4, -0.2) is 11.8 Å². The summed E-state index contributed by atoms with van der Waals surface area (Å²) in [6.07, 6.45) is 4.40. The van der Waals surface area contributed by atoms with Crippen molar-refractivity contribution in [2.45, 2.75) is 0 Å². The fraction of sp³-hybridized carbons (Fsp3) is 0. The lowest BCUT2D eigenvalue weighted by Crippen LogP contribution is -2.07. The van der Waals surface area contributed by atoms with Gasteiger partial charge in [0.25, 0.3) is 0 Å². The Balaban J connectivity index is 1.58. The molecular weight excluding hydrogens is 312 g/mol. The monoisotopic (exact) mass is 322 g/mol. The molecule has 0 unspecified atom stereocenters. The van der Waals surface area contributed by atoms with Gasteiger partial charge in [0.1, 0.15) is 17.3 Å². The van der Waals surface area contributed by atoms with E-state index in [1.165, 1.54) is 36.8 Å². The Morgan fingerprint density at radius 1 is 1.04 bits per heavy atom. The molecule has 0 saturated carbocycles. The molecule has 0 spiro atoms. The fourth-order valence-corrected chi connectivity index (χ4v) is 2.29. The Kier molecular flexibility index (Phi) is 3.28. The number of benzene rings is 1. The van der Waals surface area contributed by atoms with Gasteiger partial charge in [0.05, 0.1) is 18.1 Å². The second-order valence-corrected chi connectivity index (χ2v) is 4.98. The number of rotatable bonds is 3. The molecule has 1 aromatic carbocycles. The van der Waals surface area contributed by atoms with Crippen molar-refractivity contribution in [1.82, 2.24) is 0 Å². The van der Waals surface area contributed by atoms with Crippen LogP contribution in [0.3, 0.4) is 0 Å². The van der Waals surface area contributed by atoms with Gasteiger partial charge in [0.2, 0.25) is 11.5 Å². The van der Waals surface area contributed by atoms with Crippen molar-refractivity contribution in [2.24, 2.45) is 0 Å². The molecule has 0 aliphatic carbocycles. The number of fused-ring (bicyclic) bond motifs is 1. The summed E-state index contributed by atoms with van der Waals surface area (Å²) in [5.74, 6) is 0.432. The highest BCUT2D eigenvalue weighted by Gasteiger charge is 2.28. The second kappa shape index (κ2) is 5.58. The topological polar surface area (TPSA) is 78.9 Å². The summed E-state index contributed by atoms with van der Waals surface area (Å²) in [7, 11) is 0. The van der Waals surface area contributed by atoms with Crippen molar-refractivity contribution < 1.29 is 27.9 Å². The Morgan fingerprint density at radius 3 is 2.62 bits per heavy atom. The minimum Gasteiger partial charge on any atom is -0.465 e. The zero-order valence-electron chi connectivity index (χ0n) is 12.2. The second-order valence-electron chi connectivity index (χ2n) is 4.98. The number of ether oxygens (including phenoxy) is 2. The first-order chi connectivity index (χ1) is 11.7. The van der Waals surface area contributed by atoms with E-state index in [1.54, 1.807) is 24.3 Å². The molecular formula is C18H10O6. The number of allylic oxidation sites excluding steroid dienone is 1. The predicted molar refractivity (Wildman–Crippen MR) is 81.8 cm³/mol. The molecule has 3 aromatic rings. The highest BCUT2D eigenvalue weighted by molar-refractivity contribution is 6.14. The Labute approximate surface area is 135 Å². The molecule has 0 amide bonds. The zero-order chi connectivity index (χ0) is 16.5. The van der Waals surface area contributed by atoms with Crippen LogP contribution in [0.1, 0.15) is 26.7 Å². The van der Waals surface area contributed by atoms with Crippen molar-refractivity contribution in [3.05, 3.63) is 77.8 Å². The maximum absolute atomic E-state index is 12.3. The first-order valence-corrected chi connectivity index (χ1v) is 7.08. The van der Waals surface area contributed by atoms with Gasteiger partial charge in [-0.25, -0.2) is 4.79 Å². The van der Waals surface area contributed by atoms with Gasteiger partial charge < -0.3 is 18.3 Å². The van der Waals surface area contributed by atoms with Crippen LogP contribution in [0.25, 0.3) is 6.08 Å². The lowest BCUT2D eigenvalue weighted by atomic mass is 10.1. The van der Waals surface area contributed by atoms with E-state index in [-0.39, 0.29) is 23.1 Å². The third-order valence-corrected chi connectivity index (χ3v) is 3.39. The van der Waals surface area contributed by atoms with Gasteiger partial charge in [-0.2, -0.15) is 0 Å². The summed E-state index contributed by atoms with van der Waals surface area (Å²) in [6.45, 7) is 0. The van der Waals surface area contributed by atoms with Gasteiger partial charge in [-0.15, -0.1) is 0 Å². The molecule has 0 N–H and O–H groups in total. The maximum Gasteiger partial charge on any atom is 0.379 e. The third-order valence-electron chi connectivity index (χ3n) is 3.39. The summed E-state index contributed by atoms with van der Waals surface area (Å²) in [5.41, 5.74) is 0.394. The molecule has 1 aliphatic heterocycles. The molecule has 0 atom stereocenters. The Bertz CT molecular complexity index is 932. The number of hydrogen-bond acceptors (Lipinski definition) is 6. The summed E-state index contributed by atoms with van der Waals surface area (Å²) >= 11 is 0. The molecule has 0 radical (unpaired) electrons. The fourth-order valence-electron chi connectivity index (χ4n) is 2.29. The molecule has 6 nitrogen and oxygen atoms in total.